The van der Waals surface area contributed by atoms with Gasteiger partial charge < -0.3 is 19.5 Å². The van der Waals surface area contributed by atoms with Crippen LogP contribution in [0.3, 0.4) is 0 Å². The Morgan fingerprint density at radius 1 is 1.22 bits per heavy atom. The van der Waals surface area contributed by atoms with Gasteiger partial charge in [0.2, 0.25) is 10.0 Å². The molecule has 13 heteroatoms. The Hall–Kier alpha value is -2.93. The molecule has 2 aromatic carbocycles. The molecule has 1 N–H and O–H groups in total. The molecule has 11 nitrogen and oxygen atoms in total. The molecule has 2 aromatic rings. The smallest absolute Gasteiger partial charge is 0.271 e. The Labute approximate surface area is 189 Å². The number of benzene rings is 2. The monoisotopic (exact) mass is 485 g/mol. The number of sulfonamides is 1. The fourth-order valence-electron chi connectivity index (χ4n) is 2.94. The van der Waals surface area contributed by atoms with E-state index in [1.165, 1.54) is 41.7 Å². The summed E-state index contributed by atoms with van der Waals surface area (Å²) in [5, 5.41) is 13.3. The van der Waals surface area contributed by atoms with Crippen molar-refractivity contribution in [3.63, 3.8) is 0 Å². The van der Waals surface area contributed by atoms with Gasteiger partial charge in [-0.25, -0.2) is 8.42 Å². The lowest BCUT2D eigenvalue weighted by atomic mass is 10.3. The van der Waals surface area contributed by atoms with Crippen LogP contribution in [0.15, 0.2) is 41.3 Å². The average molecular weight is 486 g/mol. The fourth-order valence-corrected chi connectivity index (χ4v) is 4.76. The molecule has 1 saturated heterocycles. The van der Waals surface area contributed by atoms with Crippen LogP contribution in [0.5, 0.6) is 11.5 Å². The predicted molar refractivity (Wildman–Crippen MR) is 115 cm³/mol. The maximum Gasteiger partial charge on any atom is 0.271 e. The third-order valence-corrected chi connectivity index (χ3v) is 6.74. The number of amides is 1. The van der Waals surface area contributed by atoms with E-state index in [0.717, 1.165) is 6.07 Å². The van der Waals surface area contributed by atoms with Crippen molar-refractivity contribution in [3.8, 4) is 11.5 Å². The number of carbonyl (C=O) groups is 1. The molecule has 0 aliphatic carbocycles. The van der Waals surface area contributed by atoms with E-state index in [2.05, 4.69) is 5.32 Å². The number of nitro benzene ring substituents is 1. The molecular weight excluding hydrogens is 466 g/mol. The number of hydrogen-bond donors (Lipinski definition) is 1. The summed E-state index contributed by atoms with van der Waals surface area (Å²) in [5.74, 6) is -0.347. The second-order valence-electron chi connectivity index (χ2n) is 6.59. The van der Waals surface area contributed by atoms with Gasteiger partial charge in [-0.2, -0.15) is 4.31 Å². The molecule has 1 amide bonds. The van der Waals surface area contributed by atoms with Gasteiger partial charge in [0.15, 0.2) is 6.61 Å². The Kier molecular flexibility index (Phi) is 7.51. The highest BCUT2D eigenvalue weighted by molar-refractivity contribution is 7.89. The van der Waals surface area contributed by atoms with Crippen LogP contribution in [0.2, 0.25) is 5.02 Å². The second-order valence-corrected chi connectivity index (χ2v) is 8.90. The molecule has 1 aliphatic rings. The Morgan fingerprint density at radius 2 is 1.91 bits per heavy atom. The minimum atomic E-state index is -3.86. The number of anilines is 1. The third-order valence-electron chi connectivity index (χ3n) is 4.52. The molecule has 0 saturated carbocycles. The van der Waals surface area contributed by atoms with E-state index >= 15 is 0 Å². The van der Waals surface area contributed by atoms with Crippen LogP contribution in [0.4, 0.5) is 11.4 Å². The molecule has 0 bridgehead atoms. The van der Waals surface area contributed by atoms with Crippen LogP contribution in [-0.2, 0) is 19.6 Å². The maximum absolute atomic E-state index is 13.0. The molecule has 1 fully saturated rings. The van der Waals surface area contributed by atoms with Crippen molar-refractivity contribution >= 4 is 38.9 Å². The lowest BCUT2D eigenvalue weighted by Crippen LogP contribution is -2.40. The first-order chi connectivity index (χ1) is 15.2. The summed E-state index contributed by atoms with van der Waals surface area (Å²) in [7, 11) is -2.51. The van der Waals surface area contributed by atoms with Crippen molar-refractivity contribution in [3.05, 3.63) is 51.5 Å². The number of halogens is 1. The topological polar surface area (TPSA) is 137 Å². The first-order valence-corrected chi connectivity index (χ1v) is 11.2. The molecule has 0 unspecified atom stereocenters. The quantitative estimate of drug-likeness (QED) is 0.444. The number of morpholine rings is 1. The van der Waals surface area contributed by atoms with Crippen LogP contribution in [0, 0.1) is 10.1 Å². The van der Waals surface area contributed by atoms with Crippen molar-refractivity contribution in [2.75, 3.05) is 45.3 Å². The van der Waals surface area contributed by atoms with Crippen molar-refractivity contribution in [1.29, 1.82) is 0 Å². The van der Waals surface area contributed by atoms with E-state index < -0.39 is 27.5 Å². The predicted octanol–water partition coefficient (Wildman–Crippen LogP) is 2.30. The van der Waals surface area contributed by atoms with Gasteiger partial charge in [-0.05, 0) is 24.3 Å². The number of nitro groups is 1. The summed E-state index contributed by atoms with van der Waals surface area (Å²) < 4.78 is 43.0. The van der Waals surface area contributed by atoms with Crippen LogP contribution >= 0.6 is 11.6 Å². The summed E-state index contributed by atoms with van der Waals surface area (Å²) >= 11 is 5.94. The van der Waals surface area contributed by atoms with E-state index in [-0.39, 0.29) is 45.9 Å². The molecule has 172 valence electrons. The zero-order valence-corrected chi connectivity index (χ0v) is 18.5. The van der Waals surface area contributed by atoms with Gasteiger partial charge in [-0.1, -0.05) is 11.6 Å². The first-order valence-electron chi connectivity index (χ1n) is 9.35. The number of hydrogen-bond acceptors (Lipinski definition) is 8. The lowest BCUT2D eigenvalue weighted by molar-refractivity contribution is -0.384. The Balaban J connectivity index is 1.71. The molecular formula is C19H20ClN3O8S. The van der Waals surface area contributed by atoms with Crippen molar-refractivity contribution in [2.45, 2.75) is 4.90 Å². The highest BCUT2D eigenvalue weighted by Crippen LogP contribution is 2.31. The molecule has 0 aromatic heterocycles. The summed E-state index contributed by atoms with van der Waals surface area (Å²) in [6.45, 7) is 0.563. The number of rotatable bonds is 8. The number of nitrogens with one attached hydrogen (secondary N) is 1. The van der Waals surface area contributed by atoms with Crippen LogP contribution in [-0.4, -0.2) is 63.6 Å². The van der Waals surface area contributed by atoms with Gasteiger partial charge in [0, 0.05) is 30.9 Å². The summed E-state index contributed by atoms with van der Waals surface area (Å²) in [4.78, 5) is 22.4. The number of nitrogens with zero attached hydrogens (tertiary/aromatic N) is 2. The molecule has 1 aliphatic heterocycles. The third kappa shape index (κ3) is 5.46. The average Bonchev–Trinajstić information content (AvgIpc) is 2.78. The van der Waals surface area contributed by atoms with Gasteiger partial charge in [0.05, 0.1) is 30.3 Å². The van der Waals surface area contributed by atoms with Gasteiger partial charge in [0.25, 0.3) is 11.6 Å². The second kappa shape index (κ2) is 10.1. The molecule has 0 spiro atoms. The maximum atomic E-state index is 13.0. The minimum Gasteiger partial charge on any atom is -0.495 e. The molecule has 0 atom stereocenters. The SMILES string of the molecule is COc1ccc(NC(=O)COc2ccc([N+](=O)[O-])cc2Cl)cc1S(=O)(=O)N1CCOCC1. The Bertz CT molecular complexity index is 1120. The van der Waals surface area contributed by atoms with E-state index in [4.69, 9.17) is 25.8 Å². The van der Waals surface area contributed by atoms with Gasteiger partial charge in [0.1, 0.15) is 16.4 Å². The molecule has 3 rings (SSSR count). The van der Waals surface area contributed by atoms with Crippen molar-refractivity contribution in [1.82, 2.24) is 4.31 Å². The standard InChI is InChI=1S/C19H20ClN3O8S/c1-29-17-4-2-13(10-18(17)32(27,28)22-6-8-30-9-7-22)21-19(24)12-31-16-5-3-14(23(25)26)11-15(16)20/h2-5,10-11H,6-9,12H2,1H3,(H,21,24). The summed E-state index contributed by atoms with van der Waals surface area (Å²) in [6.07, 6.45) is 0. The van der Waals surface area contributed by atoms with Gasteiger partial charge in [-0.15, -0.1) is 0 Å². The van der Waals surface area contributed by atoms with Crippen LogP contribution in [0.1, 0.15) is 0 Å². The summed E-state index contributed by atoms with van der Waals surface area (Å²) in [5.41, 5.74) is 0.0140. The highest BCUT2D eigenvalue weighted by atomic mass is 35.5. The van der Waals surface area contributed by atoms with Crippen molar-refractivity contribution in [2.24, 2.45) is 0 Å². The molecule has 0 radical (unpaired) electrons. The number of carbonyl (C=O) groups excluding carboxylic acids is 1. The van der Waals surface area contributed by atoms with Crippen molar-refractivity contribution < 1.29 is 32.3 Å². The van der Waals surface area contributed by atoms with E-state index in [1.54, 1.807) is 0 Å². The largest absolute Gasteiger partial charge is 0.495 e. The lowest BCUT2D eigenvalue weighted by Gasteiger charge is -2.26. The number of ether oxygens (including phenoxy) is 3. The highest BCUT2D eigenvalue weighted by Gasteiger charge is 2.29. The van der Waals surface area contributed by atoms with Crippen LogP contribution in [0.25, 0.3) is 0 Å². The first kappa shape index (κ1) is 23.7. The summed E-state index contributed by atoms with van der Waals surface area (Å²) in [6, 6.07) is 7.84. The van der Waals surface area contributed by atoms with E-state index in [9.17, 15) is 23.3 Å². The minimum absolute atomic E-state index is 0.0182. The van der Waals surface area contributed by atoms with E-state index in [0.29, 0.717) is 13.2 Å². The number of methoxy groups -OCH3 is 1. The van der Waals surface area contributed by atoms with Gasteiger partial charge >= 0.3 is 0 Å². The number of non-ortho nitro benzene ring substituents is 1. The fraction of sp³-hybridized carbons (Fsp3) is 0.316. The zero-order chi connectivity index (χ0) is 23.3. The normalized spacial score (nSPS) is 14.6. The van der Waals surface area contributed by atoms with E-state index in [1.807, 2.05) is 0 Å². The zero-order valence-electron chi connectivity index (χ0n) is 16.9. The molecule has 1 heterocycles. The molecule has 32 heavy (non-hydrogen) atoms. The Morgan fingerprint density at radius 3 is 2.53 bits per heavy atom. The van der Waals surface area contributed by atoms with Crippen LogP contribution < -0.4 is 14.8 Å². The van der Waals surface area contributed by atoms with Gasteiger partial charge in [-0.3, -0.25) is 14.9 Å².